The third-order valence-electron chi connectivity index (χ3n) is 2.49. The van der Waals surface area contributed by atoms with Gasteiger partial charge in [0.25, 0.3) is 0 Å². The second kappa shape index (κ2) is 4.67. The number of rotatable bonds is 3. The van der Waals surface area contributed by atoms with Crippen LogP contribution in [0.25, 0.3) is 11.4 Å². The van der Waals surface area contributed by atoms with E-state index < -0.39 is 35.0 Å². The van der Waals surface area contributed by atoms with Crippen molar-refractivity contribution in [3.05, 3.63) is 29.6 Å². The molecule has 0 bridgehead atoms. The van der Waals surface area contributed by atoms with Gasteiger partial charge in [-0.3, -0.25) is 0 Å². The van der Waals surface area contributed by atoms with E-state index in [-0.39, 0.29) is 5.82 Å². The maximum Gasteiger partial charge on any atom is 0.328 e. The number of nitrogens with zero attached hydrogens (tertiary/aromatic N) is 4. The number of carboxylic acid groups (broad SMARTS) is 1. The Morgan fingerprint density at radius 3 is 2.63 bits per heavy atom. The van der Waals surface area contributed by atoms with Crippen molar-refractivity contribution >= 4 is 5.97 Å². The zero-order chi connectivity index (χ0) is 14.2. The minimum atomic E-state index is -1.67. The average Bonchev–Trinajstić information content (AvgIpc) is 2.84. The molecule has 1 aromatic carbocycles. The standard InChI is InChI=1S/C10H7F3N4O2/c1-4(10(18)19)17-9(14-15-16-17)5-2-3-6(11)8(13)7(5)12/h2-4H,1H3,(H,18,19). The molecule has 2 rings (SSSR count). The Morgan fingerprint density at radius 1 is 1.32 bits per heavy atom. The molecule has 0 amide bonds. The highest BCUT2D eigenvalue weighted by atomic mass is 19.2. The van der Waals surface area contributed by atoms with Crippen LogP contribution in [-0.2, 0) is 4.79 Å². The maximum atomic E-state index is 13.6. The third-order valence-corrected chi connectivity index (χ3v) is 2.49. The Bertz CT molecular complexity index is 644. The second-order valence-corrected chi connectivity index (χ2v) is 3.68. The first-order chi connectivity index (χ1) is 8.93. The number of hydrogen-bond acceptors (Lipinski definition) is 4. The molecule has 9 heteroatoms. The lowest BCUT2D eigenvalue weighted by atomic mass is 10.1. The van der Waals surface area contributed by atoms with Crippen molar-refractivity contribution in [1.29, 1.82) is 0 Å². The van der Waals surface area contributed by atoms with E-state index in [4.69, 9.17) is 5.11 Å². The Kier molecular flexibility index (Phi) is 3.19. The van der Waals surface area contributed by atoms with Crippen molar-refractivity contribution < 1.29 is 23.1 Å². The molecule has 1 N–H and O–H groups in total. The first kappa shape index (κ1) is 13.0. The van der Waals surface area contributed by atoms with Crippen molar-refractivity contribution in [3.63, 3.8) is 0 Å². The van der Waals surface area contributed by atoms with Gasteiger partial charge in [0.1, 0.15) is 0 Å². The predicted octanol–water partition coefficient (Wildman–Crippen LogP) is 1.40. The molecule has 1 aromatic heterocycles. The molecule has 1 unspecified atom stereocenters. The summed E-state index contributed by atoms with van der Waals surface area (Å²) in [5.41, 5.74) is -0.419. The first-order valence-electron chi connectivity index (χ1n) is 5.08. The van der Waals surface area contributed by atoms with Gasteiger partial charge in [-0.25, -0.2) is 22.6 Å². The van der Waals surface area contributed by atoms with Crippen LogP contribution in [-0.4, -0.2) is 31.3 Å². The van der Waals surface area contributed by atoms with Crippen molar-refractivity contribution in [1.82, 2.24) is 20.2 Å². The normalized spacial score (nSPS) is 12.4. The van der Waals surface area contributed by atoms with Crippen molar-refractivity contribution in [2.75, 3.05) is 0 Å². The van der Waals surface area contributed by atoms with Crippen LogP contribution in [0.5, 0.6) is 0 Å². The molecule has 19 heavy (non-hydrogen) atoms. The molecule has 0 aliphatic carbocycles. The van der Waals surface area contributed by atoms with E-state index in [0.29, 0.717) is 6.07 Å². The van der Waals surface area contributed by atoms with Crippen LogP contribution in [0.1, 0.15) is 13.0 Å². The lowest BCUT2D eigenvalue weighted by molar-refractivity contribution is -0.140. The van der Waals surface area contributed by atoms with Crippen LogP contribution in [0, 0.1) is 17.5 Å². The smallest absolute Gasteiger partial charge is 0.328 e. The molecular weight excluding hydrogens is 265 g/mol. The third kappa shape index (κ3) is 2.14. The second-order valence-electron chi connectivity index (χ2n) is 3.68. The average molecular weight is 272 g/mol. The summed E-state index contributed by atoms with van der Waals surface area (Å²) < 4.78 is 40.4. The van der Waals surface area contributed by atoms with Gasteiger partial charge in [0.05, 0.1) is 5.56 Å². The predicted molar refractivity (Wildman–Crippen MR) is 55.5 cm³/mol. The fourth-order valence-corrected chi connectivity index (χ4v) is 1.44. The quantitative estimate of drug-likeness (QED) is 0.854. The van der Waals surface area contributed by atoms with Gasteiger partial charge in [-0.1, -0.05) is 0 Å². The van der Waals surface area contributed by atoms with Crippen molar-refractivity contribution in [3.8, 4) is 11.4 Å². The number of carbonyl (C=O) groups is 1. The lowest BCUT2D eigenvalue weighted by Crippen LogP contribution is -2.18. The Balaban J connectivity index is 2.58. The molecular formula is C10H7F3N4O2. The molecule has 0 aliphatic heterocycles. The lowest BCUT2D eigenvalue weighted by Gasteiger charge is -2.09. The number of carboxylic acids is 1. The Hall–Kier alpha value is -2.45. The number of aromatic nitrogens is 4. The van der Waals surface area contributed by atoms with Gasteiger partial charge in [0, 0.05) is 0 Å². The molecule has 1 heterocycles. The van der Waals surface area contributed by atoms with Gasteiger partial charge >= 0.3 is 5.97 Å². The maximum absolute atomic E-state index is 13.6. The highest BCUT2D eigenvalue weighted by Gasteiger charge is 2.24. The molecule has 2 aromatic rings. The van der Waals surface area contributed by atoms with E-state index in [1.807, 2.05) is 0 Å². The van der Waals surface area contributed by atoms with E-state index in [0.717, 1.165) is 10.7 Å². The highest BCUT2D eigenvalue weighted by molar-refractivity contribution is 5.72. The SMILES string of the molecule is CC(C(=O)O)n1nnnc1-c1ccc(F)c(F)c1F. The topological polar surface area (TPSA) is 80.9 Å². The number of aliphatic carboxylic acids is 1. The van der Waals surface area contributed by atoms with E-state index >= 15 is 0 Å². The number of hydrogen-bond donors (Lipinski definition) is 1. The van der Waals surface area contributed by atoms with Gasteiger partial charge in [-0.2, -0.15) is 0 Å². The monoisotopic (exact) mass is 272 g/mol. The van der Waals surface area contributed by atoms with Crippen LogP contribution in [0.15, 0.2) is 12.1 Å². The zero-order valence-corrected chi connectivity index (χ0v) is 9.51. The van der Waals surface area contributed by atoms with E-state index in [1.54, 1.807) is 0 Å². The van der Waals surface area contributed by atoms with Crippen LogP contribution < -0.4 is 0 Å². The number of tetrazole rings is 1. The molecule has 0 aliphatic rings. The van der Waals surface area contributed by atoms with Gasteiger partial charge in [0.2, 0.25) is 0 Å². The van der Waals surface area contributed by atoms with Gasteiger partial charge in [-0.05, 0) is 29.5 Å². The fourth-order valence-electron chi connectivity index (χ4n) is 1.44. The Labute approximate surface area is 104 Å². The molecule has 0 spiro atoms. The van der Waals surface area contributed by atoms with Crippen LogP contribution in [0.3, 0.4) is 0 Å². The van der Waals surface area contributed by atoms with E-state index in [9.17, 15) is 18.0 Å². The summed E-state index contributed by atoms with van der Waals surface area (Å²) in [5, 5.41) is 18.9. The minimum Gasteiger partial charge on any atom is -0.480 e. The summed E-state index contributed by atoms with van der Waals surface area (Å²) in [5.74, 6) is -6.06. The molecule has 0 saturated carbocycles. The Morgan fingerprint density at radius 2 is 2.00 bits per heavy atom. The van der Waals surface area contributed by atoms with Crippen molar-refractivity contribution in [2.24, 2.45) is 0 Å². The van der Waals surface area contributed by atoms with Gasteiger partial charge in [-0.15, -0.1) is 5.10 Å². The van der Waals surface area contributed by atoms with E-state index in [1.165, 1.54) is 6.92 Å². The molecule has 0 fully saturated rings. The summed E-state index contributed by atoms with van der Waals surface area (Å²) in [6, 6.07) is 0.459. The highest BCUT2D eigenvalue weighted by Crippen LogP contribution is 2.25. The molecule has 100 valence electrons. The summed E-state index contributed by atoms with van der Waals surface area (Å²) in [7, 11) is 0. The summed E-state index contributed by atoms with van der Waals surface area (Å²) in [4.78, 5) is 10.8. The van der Waals surface area contributed by atoms with Crippen molar-refractivity contribution in [2.45, 2.75) is 13.0 Å². The van der Waals surface area contributed by atoms with E-state index in [2.05, 4.69) is 15.5 Å². The van der Waals surface area contributed by atoms with Crippen LogP contribution in [0.2, 0.25) is 0 Å². The fraction of sp³-hybridized carbons (Fsp3) is 0.200. The summed E-state index contributed by atoms with van der Waals surface area (Å²) >= 11 is 0. The largest absolute Gasteiger partial charge is 0.480 e. The number of benzene rings is 1. The molecule has 6 nitrogen and oxygen atoms in total. The first-order valence-corrected chi connectivity index (χ1v) is 5.08. The van der Waals surface area contributed by atoms with Crippen LogP contribution >= 0.6 is 0 Å². The van der Waals surface area contributed by atoms with Gasteiger partial charge in [0.15, 0.2) is 29.3 Å². The minimum absolute atomic E-state index is 0.300. The summed E-state index contributed by atoms with van der Waals surface area (Å²) in [6.07, 6.45) is 0. The molecule has 1 atom stereocenters. The zero-order valence-electron chi connectivity index (χ0n) is 9.51. The molecule has 0 saturated heterocycles. The van der Waals surface area contributed by atoms with Gasteiger partial charge < -0.3 is 5.11 Å². The van der Waals surface area contributed by atoms with Crippen LogP contribution in [0.4, 0.5) is 13.2 Å². The molecule has 0 radical (unpaired) electrons. The number of halogens is 3. The summed E-state index contributed by atoms with van der Waals surface area (Å²) in [6.45, 7) is 1.26.